The zero-order valence-electron chi connectivity index (χ0n) is 9.96. The second-order valence-electron chi connectivity index (χ2n) is 5.46. The Morgan fingerprint density at radius 2 is 1.94 bits per heavy atom. The Morgan fingerprint density at radius 1 is 1.28 bits per heavy atom. The Morgan fingerprint density at radius 3 is 2.50 bits per heavy atom. The fourth-order valence-electron chi connectivity index (χ4n) is 2.89. The molecule has 1 nitrogen and oxygen atoms in total. The van der Waals surface area contributed by atoms with Gasteiger partial charge in [-0.1, -0.05) is 44.0 Å². The van der Waals surface area contributed by atoms with Gasteiger partial charge in [0.05, 0.1) is 15.9 Å². The van der Waals surface area contributed by atoms with Gasteiger partial charge < -0.3 is 4.74 Å². The minimum Gasteiger partial charge on any atom is -0.374 e. The van der Waals surface area contributed by atoms with Crippen molar-refractivity contribution in [3.63, 3.8) is 0 Å². The van der Waals surface area contributed by atoms with Crippen LogP contribution in [0.5, 0.6) is 0 Å². The van der Waals surface area contributed by atoms with Crippen LogP contribution in [0, 0.1) is 11.2 Å². The first kappa shape index (κ1) is 13.1. The molecule has 0 aliphatic heterocycles. The van der Waals surface area contributed by atoms with Crippen LogP contribution in [-0.2, 0) is 11.3 Å². The molecule has 0 aromatic heterocycles. The van der Waals surface area contributed by atoms with Crippen molar-refractivity contribution in [2.24, 2.45) is 5.41 Å². The lowest BCUT2D eigenvalue weighted by Gasteiger charge is -2.13. The topological polar surface area (TPSA) is 9.23 Å². The molecule has 2 fully saturated rings. The summed E-state index contributed by atoms with van der Waals surface area (Å²) in [6, 6.07) is 6.54. The summed E-state index contributed by atoms with van der Waals surface area (Å²) in [6.07, 6.45) is 4.99. The van der Waals surface area contributed by atoms with E-state index in [0.29, 0.717) is 18.1 Å². The lowest BCUT2D eigenvalue weighted by molar-refractivity contribution is 0.0420. The van der Waals surface area contributed by atoms with Gasteiger partial charge in [0, 0.05) is 5.41 Å². The van der Waals surface area contributed by atoms with Crippen molar-refractivity contribution in [1.29, 1.82) is 0 Å². The fourth-order valence-corrected chi connectivity index (χ4v) is 4.68. The quantitative estimate of drug-likeness (QED) is 0.689. The molecule has 0 heterocycles. The predicted molar refractivity (Wildman–Crippen MR) is 76.5 cm³/mol. The van der Waals surface area contributed by atoms with E-state index in [1.807, 2.05) is 0 Å². The number of halogens is 3. The van der Waals surface area contributed by atoms with Gasteiger partial charge in [-0.05, 0) is 43.4 Å². The highest BCUT2D eigenvalue weighted by molar-refractivity contribution is 9.25. The van der Waals surface area contributed by atoms with Gasteiger partial charge in [0.25, 0.3) is 0 Å². The molecule has 0 saturated heterocycles. The number of ether oxygens (including phenoxy) is 1. The summed E-state index contributed by atoms with van der Waals surface area (Å²) < 4.78 is 18.9. The molecule has 98 valence electrons. The van der Waals surface area contributed by atoms with E-state index in [9.17, 15) is 4.39 Å². The largest absolute Gasteiger partial charge is 0.374 e. The number of hydrogen-bond acceptors (Lipinski definition) is 1. The molecular formula is C14H15Br2FO. The van der Waals surface area contributed by atoms with Crippen molar-refractivity contribution >= 4 is 31.9 Å². The monoisotopic (exact) mass is 376 g/mol. The molecule has 2 aliphatic rings. The van der Waals surface area contributed by atoms with Crippen LogP contribution >= 0.6 is 31.9 Å². The van der Waals surface area contributed by atoms with Crippen LogP contribution in [0.25, 0.3) is 0 Å². The van der Waals surface area contributed by atoms with Gasteiger partial charge in [0.15, 0.2) is 0 Å². The molecule has 0 N–H and O–H groups in total. The van der Waals surface area contributed by atoms with Crippen LogP contribution in [0.1, 0.15) is 31.2 Å². The molecule has 0 radical (unpaired) electrons. The Hall–Kier alpha value is 0.0700. The summed E-state index contributed by atoms with van der Waals surface area (Å²) in [5.41, 5.74) is 1.44. The molecular weight excluding hydrogens is 363 g/mol. The molecule has 18 heavy (non-hydrogen) atoms. The minimum atomic E-state index is -0.195. The van der Waals surface area contributed by atoms with Crippen LogP contribution in [0.4, 0.5) is 4.39 Å². The highest BCUT2D eigenvalue weighted by Gasteiger charge is 2.67. The normalized spacial score (nSPS) is 32.9. The van der Waals surface area contributed by atoms with Crippen molar-refractivity contribution < 1.29 is 9.13 Å². The molecule has 2 aliphatic carbocycles. The Balaban J connectivity index is 1.52. The molecule has 1 aromatic carbocycles. The third kappa shape index (κ3) is 2.39. The number of benzene rings is 1. The van der Waals surface area contributed by atoms with Crippen molar-refractivity contribution in [2.45, 2.75) is 41.6 Å². The summed E-state index contributed by atoms with van der Waals surface area (Å²) in [4.78, 5) is 0. The van der Waals surface area contributed by atoms with Crippen LogP contribution in [-0.4, -0.2) is 9.34 Å². The predicted octanol–water partition coefficient (Wildman–Crippen LogP) is 4.77. The molecule has 2 atom stereocenters. The number of hydrogen-bond donors (Lipinski definition) is 0. The molecule has 2 unspecified atom stereocenters. The summed E-state index contributed by atoms with van der Waals surface area (Å²) in [7, 11) is 0. The van der Waals surface area contributed by atoms with Crippen LogP contribution in [0.3, 0.4) is 0 Å². The van der Waals surface area contributed by atoms with Crippen molar-refractivity contribution in [3.8, 4) is 0 Å². The molecule has 3 rings (SSSR count). The average Bonchev–Trinajstić information content (AvgIpc) is 2.69. The van der Waals surface area contributed by atoms with E-state index in [1.165, 1.54) is 25.0 Å². The third-order valence-corrected chi connectivity index (χ3v) is 6.42. The van der Waals surface area contributed by atoms with Crippen molar-refractivity contribution in [3.05, 3.63) is 35.6 Å². The van der Waals surface area contributed by atoms with Crippen molar-refractivity contribution in [2.75, 3.05) is 0 Å². The van der Waals surface area contributed by atoms with E-state index in [1.54, 1.807) is 12.1 Å². The van der Waals surface area contributed by atoms with Crippen LogP contribution < -0.4 is 0 Å². The first-order valence-corrected chi connectivity index (χ1v) is 7.83. The molecule has 2 saturated carbocycles. The van der Waals surface area contributed by atoms with Crippen molar-refractivity contribution in [1.82, 2.24) is 0 Å². The van der Waals surface area contributed by atoms with Gasteiger partial charge in [0.1, 0.15) is 5.82 Å². The van der Waals surface area contributed by atoms with E-state index in [-0.39, 0.29) is 9.05 Å². The summed E-state index contributed by atoms with van der Waals surface area (Å²) in [5.74, 6) is -0.195. The van der Waals surface area contributed by atoms with Gasteiger partial charge in [-0.15, -0.1) is 0 Å². The minimum absolute atomic E-state index is 0.154. The highest BCUT2D eigenvalue weighted by atomic mass is 79.9. The van der Waals surface area contributed by atoms with Gasteiger partial charge in [0.2, 0.25) is 0 Å². The molecule has 1 spiro atoms. The second kappa shape index (κ2) is 4.57. The number of rotatable bonds is 3. The second-order valence-corrected chi connectivity index (χ2v) is 9.24. The molecule has 0 amide bonds. The van der Waals surface area contributed by atoms with E-state index in [4.69, 9.17) is 4.74 Å². The third-order valence-electron chi connectivity index (χ3n) is 4.17. The Labute approximate surface area is 123 Å². The van der Waals surface area contributed by atoms with Gasteiger partial charge in [-0.3, -0.25) is 0 Å². The zero-order chi connectivity index (χ0) is 12.8. The fraction of sp³-hybridized carbons (Fsp3) is 0.571. The first-order chi connectivity index (χ1) is 8.51. The van der Waals surface area contributed by atoms with Gasteiger partial charge >= 0.3 is 0 Å². The van der Waals surface area contributed by atoms with E-state index in [0.717, 1.165) is 18.4 Å². The molecule has 1 aromatic rings. The lowest BCUT2D eigenvalue weighted by Crippen LogP contribution is -2.11. The zero-order valence-corrected chi connectivity index (χ0v) is 13.1. The summed E-state index contributed by atoms with van der Waals surface area (Å²) >= 11 is 7.44. The SMILES string of the molecule is Fc1ccc(COC2CCC3(C2)CC3(Br)Br)cc1. The van der Waals surface area contributed by atoms with Gasteiger partial charge in [-0.25, -0.2) is 4.39 Å². The molecule has 0 bridgehead atoms. The number of alkyl halides is 2. The Bertz CT molecular complexity index is 446. The maximum absolute atomic E-state index is 12.8. The first-order valence-electron chi connectivity index (χ1n) is 6.25. The smallest absolute Gasteiger partial charge is 0.123 e. The maximum Gasteiger partial charge on any atom is 0.123 e. The summed E-state index contributed by atoms with van der Waals surface area (Å²) in [6.45, 7) is 0.582. The maximum atomic E-state index is 12.8. The van der Waals surface area contributed by atoms with E-state index < -0.39 is 0 Å². The lowest BCUT2D eigenvalue weighted by atomic mass is 10.1. The molecule has 4 heteroatoms. The Kier molecular flexibility index (Phi) is 3.32. The van der Waals surface area contributed by atoms with Crippen LogP contribution in [0.15, 0.2) is 24.3 Å². The van der Waals surface area contributed by atoms with Crippen LogP contribution in [0.2, 0.25) is 0 Å². The standard InChI is InChI=1S/C14H15Br2FO/c15-14(16)9-13(14)6-5-12(7-13)18-8-10-1-3-11(17)4-2-10/h1-4,12H,5-9H2. The average molecular weight is 378 g/mol. The summed E-state index contributed by atoms with van der Waals surface area (Å²) in [5, 5.41) is 0. The van der Waals surface area contributed by atoms with E-state index >= 15 is 0 Å². The highest BCUT2D eigenvalue weighted by Crippen LogP contribution is 2.73. The van der Waals surface area contributed by atoms with E-state index in [2.05, 4.69) is 31.9 Å². The van der Waals surface area contributed by atoms with Gasteiger partial charge in [-0.2, -0.15) is 0 Å².